The summed E-state index contributed by atoms with van der Waals surface area (Å²) in [7, 11) is -3.44. The van der Waals surface area contributed by atoms with Gasteiger partial charge < -0.3 is 14.4 Å². The molecule has 1 atom stereocenters. The normalized spacial score (nSPS) is 20.8. The molecular formula is C24H29N3O4S. The third-order valence-corrected chi connectivity index (χ3v) is 9.75. The molecule has 0 bridgehead atoms. The number of hydrogen-bond donors (Lipinski definition) is 0. The summed E-state index contributed by atoms with van der Waals surface area (Å²) >= 11 is 0. The van der Waals surface area contributed by atoms with Crippen LogP contribution in [0, 0.1) is 6.92 Å². The van der Waals surface area contributed by atoms with Crippen LogP contribution in [0.15, 0.2) is 24.8 Å². The maximum absolute atomic E-state index is 13.4. The van der Waals surface area contributed by atoms with Crippen LogP contribution in [-0.4, -0.2) is 56.0 Å². The molecule has 170 valence electrons. The topological polar surface area (TPSA) is 81.6 Å². The van der Waals surface area contributed by atoms with E-state index in [1.165, 1.54) is 0 Å². The van der Waals surface area contributed by atoms with Crippen molar-refractivity contribution in [1.82, 2.24) is 9.97 Å². The number of rotatable bonds is 5. The van der Waals surface area contributed by atoms with Crippen molar-refractivity contribution < 1.29 is 17.9 Å². The highest BCUT2D eigenvalue weighted by molar-refractivity contribution is 7.93. The number of sulfone groups is 1. The summed E-state index contributed by atoms with van der Waals surface area (Å²) in [6.07, 6.45) is 3.21. The molecule has 3 heterocycles. The molecule has 3 aliphatic rings. The first-order chi connectivity index (χ1) is 15.3. The third-order valence-electron chi connectivity index (χ3n) is 6.78. The fraction of sp³-hybridized carbons (Fsp3) is 0.500. The van der Waals surface area contributed by atoms with E-state index in [9.17, 15) is 8.42 Å². The van der Waals surface area contributed by atoms with Crippen molar-refractivity contribution in [3.05, 3.63) is 41.6 Å². The van der Waals surface area contributed by atoms with E-state index in [2.05, 4.69) is 11.5 Å². The first kappa shape index (κ1) is 21.4. The summed E-state index contributed by atoms with van der Waals surface area (Å²) in [5.74, 6) is 1.63. The van der Waals surface area contributed by atoms with Crippen molar-refractivity contribution in [1.29, 1.82) is 0 Å². The number of aromatic nitrogens is 2. The summed E-state index contributed by atoms with van der Waals surface area (Å²) in [5, 5.41) is -0.311. The zero-order valence-corrected chi connectivity index (χ0v) is 19.6. The Kier molecular flexibility index (Phi) is 5.05. The number of ether oxygens (including phenoxy) is 2. The smallest absolute Gasteiger partial charge is 0.185 e. The van der Waals surface area contributed by atoms with Crippen LogP contribution in [0.25, 0.3) is 17.5 Å². The first-order valence-corrected chi connectivity index (χ1v) is 12.7. The minimum Gasteiger partial charge on any atom is -0.486 e. The lowest BCUT2D eigenvalue weighted by Gasteiger charge is -2.42. The molecule has 1 saturated carbocycles. The van der Waals surface area contributed by atoms with Gasteiger partial charge in [0, 0.05) is 12.1 Å². The Morgan fingerprint density at radius 2 is 2.00 bits per heavy atom. The zero-order chi connectivity index (χ0) is 22.7. The van der Waals surface area contributed by atoms with Gasteiger partial charge in [-0.25, -0.2) is 18.4 Å². The lowest BCUT2D eigenvalue weighted by Crippen LogP contribution is -2.52. The number of fused-ring (bicyclic) bond motifs is 3. The summed E-state index contributed by atoms with van der Waals surface area (Å²) < 4.78 is 37.5. The van der Waals surface area contributed by atoms with E-state index in [0.29, 0.717) is 62.3 Å². The lowest BCUT2D eigenvalue weighted by atomic mass is 10.00. The molecule has 1 aromatic carbocycles. The van der Waals surface area contributed by atoms with Crippen LogP contribution in [0.2, 0.25) is 0 Å². The number of aryl methyl sites for hydroxylation is 1. The van der Waals surface area contributed by atoms with Gasteiger partial charge in [0.2, 0.25) is 0 Å². The largest absolute Gasteiger partial charge is 0.486 e. The fourth-order valence-corrected chi connectivity index (χ4v) is 6.62. The van der Waals surface area contributed by atoms with Gasteiger partial charge in [-0.2, -0.15) is 0 Å². The van der Waals surface area contributed by atoms with Gasteiger partial charge >= 0.3 is 0 Å². The minimum atomic E-state index is -3.44. The Hall–Kier alpha value is -2.45. The quantitative estimate of drug-likeness (QED) is 0.682. The Labute approximate surface area is 189 Å². The molecule has 8 heteroatoms. The fourth-order valence-electron chi connectivity index (χ4n) is 4.62. The standard InChI is InChI=1S/C24H29N3O4S/c1-5-18-15(2)7-6-8-19(18)22-25-21(24(3,4)32(28,29)17-9-10-17)20-23(26-22)27-11-12-30-13-16(27)14-31-20/h5-8,16-17H,1,9-14H2,2-4H3. The van der Waals surface area contributed by atoms with E-state index in [0.717, 1.165) is 16.7 Å². The molecule has 0 N–H and O–H groups in total. The van der Waals surface area contributed by atoms with Crippen molar-refractivity contribution in [3.63, 3.8) is 0 Å². The van der Waals surface area contributed by atoms with Gasteiger partial charge in [-0.15, -0.1) is 0 Å². The van der Waals surface area contributed by atoms with Gasteiger partial charge in [0.15, 0.2) is 27.2 Å². The number of hydrogen-bond acceptors (Lipinski definition) is 7. The molecule has 32 heavy (non-hydrogen) atoms. The van der Waals surface area contributed by atoms with Crippen molar-refractivity contribution in [2.75, 3.05) is 31.3 Å². The Morgan fingerprint density at radius 3 is 2.72 bits per heavy atom. The van der Waals surface area contributed by atoms with Crippen LogP contribution >= 0.6 is 0 Å². The molecule has 1 saturated heterocycles. The number of nitrogens with zero attached hydrogens (tertiary/aromatic N) is 3. The monoisotopic (exact) mass is 455 g/mol. The molecule has 0 amide bonds. The van der Waals surface area contributed by atoms with E-state index in [1.54, 1.807) is 19.9 Å². The highest BCUT2D eigenvalue weighted by Crippen LogP contribution is 2.47. The van der Waals surface area contributed by atoms with Crippen LogP contribution in [0.1, 0.15) is 43.5 Å². The van der Waals surface area contributed by atoms with Crippen LogP contribution in [0.4, 0.5) is 5.82 Å². The Balaban J connectivity index is 1.76. The summed E-state index contributed by atoms with van der Waals surface area (Å²) in [4.78, 5) is 12.0. The molecule has 2 aromatic rings. The maximum atomic E-state index is 13.4. The van der Waals surface area contributed by atoms with Crippen LogP contribution in [0.5, 0.6) is 5.75 Å². The molecule has 5 rings (SSSR count). The predicted molar refractivity (Wildman–Crippen MR) is 125 cm³/mol. The number of benzene rings is 1. The highest BCUT2D eigenvalue weighted by Gasteiger charge is 2.50. The second-order valence-electron chi connectivity index (χ2n) is 9.28. The molecule has 1 aromatic heterocycles. The lowest BCUT2D eigenvalue weighted by molar-refractivity contribution is 0.0691. The Bertz CT molecular complexity index is 1190. The molecule has 1 aliphatic carbocycles. The van der Waals surface area contributed by atoms with Crippen LogP contribution in [-0.2, 0) is 19.3 Å². The van der Waals surface area contributed by atoms with E-state index in [1.807, 2.05) is 25.1 Å². The van der Waals surface area contributed by atoms with Crippen molar-refractivity contribution in [3.8, 4) is 17.1 Å². The van der Waals surface area contributed by atoms with E-state index < -0.39 is 14.6 Å². The third kappa shape index (κ3) is 3.23. The SMILES string of the molecule is C=Cc1c(C)cccc1-c1nc2c(c(C(C)(C)S(=O)(=O)C3CC3)n1)OCC1COCCN21. The minimum absolute atomic E-state index is 0.0476. The van der Waals surface area contributed by atoms with Crippen molar-refractivity contribution in [2.24, 2.45) is 0 Å². The van der Waals surface area contributed by atoms with Gasteiger partial charge in [0.25, 0.3) is 0 Å². The average molecular weight is 456 g/mol. The average Bonchev–Trinajstić information content (AvgIpc) is 3.64. The second-order valence-corrected chi connectivity index (χ2v) is 12.1. The predicted octanol–water partition coefficient (Wildman–Crippen LogP) is 3.50. The van der Waals surface area contributed by atoms with E-state index >= 15 is 0 Å². The van der Waals surface area contributed by atoms with Gasteiger partial charge in [-0.1, -0.05) is 30.9 Å². The van der Waals surface area contributed by atoms with Crippen molar-refractivity contribution >= 4 is 21.7 Å². The first-order valence-electron chi connectivity index (χ1n) is 11.1. The summed E-state index contributed by atoms with van der Waals surface area (Å²) in [5.41, 5.74) is 3.27. The van der Waals surface area contributed by atoms with Gasteiger partial charge in [0.1, 0.15) is 17.0 Å². The van der Waals surface area contributed by atoms with Gasteiger partial charge in [-0.05, 0) is 44.7 Å². The zero-order valence-electron chi connectivity index (χ0n) is 18.8. The number of anilines is 1. The molecule has 2 fully saturated rings. The van der Waals surface area contributed by atoms with E-state index in [4.69, 9.17) is 19.4 Å². The van der Waals surface area contributed by atoms with Gasteiger partial charge in [0.05, 0.1) is 24.5 Å². The van der Waals surface area contributed by atoms with Gasteiger partial charge in [-0.3, -0.25) is 0 Å². The van der Waals surface area contributed by atoms with Crippen LogP contribution < -0.4 is 9.64 Å². The molecule has 7 nitrogen and oxygen atoms in total. The number of morpholine rings is 1. The van der Waals surface area contributed by atoms with Crippen molar-refractivity contribution in [2.45, 2.75) is 49.7 Å². The van der Waals surface area contributed by atoms with Crippen LogP contribution in [0.3, 0.4) is 0 Å². The molecular weight excluding hydrogens is 426 g/mol. The van der Waals surface area contributed by atoms with E-state index in [-0.39, 0.29) is 11.3 Å². The highest BCUT2D eigenvalue weighted by atomic mass is 32.2. The molecule has 2 aliphatic heterocycles. The molecule has 0 spiro atoms. The summed E-state index contributed by atoms with van der Waals surface area (Å²) in [6, 6.07) is 5.98. The molecule has 1 unspecified atom stereocenters. The maximum Gasteiger partial charge on any atom is 0.185 e. The molecule has 0 radical (unpaired) electrons. The summed E-state index contributed by atoms with van der Waals surface area (Å²) in [6.45, 7) is 11.7. The second kappa shape index (κ2) is 7.56. The Morgan fingerprint density at radius 1 is 1.22 bits per heavy atom.